The Hall–Kier alpha value is -1.15. The topological polar surface area (TPSA) is 17.1 Å². The average Bonchev–Trinajstić information content (AvgIpc) is 2.30. The highest BCUT2D eigenvalue weighted by molar-refractivity contribution is 9.12. The zero-order valence-electron chi connectivity index (χ0n) is 9.75. The summed E-state index contributed by atoms with van der Waals surface area (Å²) in [5.41, 5.74) is 3.99. The van der Waals surface area contributed by atoms with Gasteiger partial charge in [-0.25, -0.2) is 0 Å². The predicted molar refractivity (Wildman–Crippen MR) is 72.5 cm³/mol. The van der Waals surface area contributed by atoms with Gasteiger partial charge in [0.05, 0.1) is 0 Å². The summed E-state index contributed by atoms with van der Waals surface area (Å²) in [6, 6.07) is 8.06. The van der Waals surface area contributed by atoms with Crippen LogP contribution in [0.15, 0.2) is 40.4 Å². The second kappa shape index (κ2) is 5.80. The molecule has 1 rings (SSSR count). The van der Waals surface area contributed by atoms with Crippen molar-refractivity contribution in [3.05, 3.63) is 51.5 Å². The van der Waals surface area contributed by atoms with Crippen LogP contribution in [0.25, 0.3) is 5.57 Å². The van der Waals surface area contributed by atoms with Crippen LogP contribution in [0, 0.1) is 6.92 Å². The summed E-state index contributed by atoms with van der Waals surface area (Å²) in [4.78, 5) is 11.1. The predicted octanol–water partition coefficient (Wildman–Crippen LogP) is 4.27. The first-order valence-electron chi connectivity index (χ1n) is 5.16. The highest BCUT2D eigenvalue weighted by Crippen LogP contribution is 2.27. The van der Waals surface area contributed by atoms with Gasteiger partial charge in [0, 0.05) is 10.1 Å². The van der Waals surface area contributed by atoms with E-state index in [0.717, 1.165) is 21.9 Å². The van der Waals surface area contributed by atoms with Gasteiger partial charge < -0.3 is 0 Å². The fraction of sp³-hybridized carbons (Fsp3) is 0.214. The molecule has 1 aromatic rings. The molecule has 0 saturated carbocycles. The standard InChI is InChI=1S/C14H15BrO/c1-4-14(15)13(9-16)11(3)12-8-6-5-7-10(12)2/h4-9H,1-3H3/b13-11+,14-4+. The number of benzene rings is 1. The molecule has 0 saturated heterocycles. The molecule has 0 heterocycles. The molecule has 0 aliphatic rings. The van der Waals surface area contributed by atoms with E-state index in [1.807, 2.05) is 51.1 Å². The molecule has 84 valence electrons. The molecule has 2 heteroatoms. The largest absolute Gasteiger partial charge is 0.298 e. The van der Waals surface area contributed by atoms with Crippen LogP contribution in [0.2, 0.25) is 0 Å². The molecule has 0 aromatic heterocycles. The number of carbonyl (C=O) groups is 1. The van der Waals surface area contributed by atoms with Gasteiger partial charge in [-0.15, -0.1) is 0 Å². The lowest BCUT2D eigenvalue weighted by molar-refractivity contribution is -0.104. The van der Waals surface area contributed by atoms with Crippen LogP contribution in [0.4, 0.5) is 0 Å². The first-order chi connectivity index (χ1) is 7.61. The van der Waals surface area contributed by atoms with Crippen LogP contribution in [0.1, 0.15) is 25.0 Å². The van der Waals surface area contributed by atoms with Gasteiger partial charge in [0.1, 0.15) is 0 Å². The Morgan fingerprint density at radius 1 is 1.31 bits per heavy atom. The van der Waals surface area contributed by atoms with Crippen LogP contribution < -0.4 is 0 Å². The van der Waals surface area contributed by atoms with E-state index in [1.54, 1.807) is 0 Å². The minimum Gasteiger partial charge on any atom is -0.298 e. The van der Waals surface area contributed by atoms with Crippen molar-refractivity contribution in [1.82, 2.24) is 0 Å². The van der Waals surface area contributed by atoms with Crippen molar-refractivity contribution in [1.29, 1.82) is 0 Å². The quantitative estimate of drug-likeness (QED) is 0.459. The Kier molecular flexibility index (Phi) is 4.69. The maximum absolute atomic E-state index is 11.1. The highest BCUT2D eigenvalue weighted by atomic mass is 79.9. The van der Waals surface area contributed by atoms with Crippen LogP contribution in [-0.4, -0.2) is 6.29 Å². The van der Waals surface area contributed by atoms with E-state index in [9.17, 15) is 4.79 Å². The molecule has 0 fully saturated rings. The molecule has 0 spiro atoms. The Morgan fingerprint density at radius 2 is 1.94 bits per heavy atom. The van der Waals surface area contributed by atoms with Crippen molar-refractivity contribution in [2.45, 2.75) is 20.8 Å². The van der Waals surface area contributed by atoms with Gasteiger partial charge in [-0.1, -0.05) is 46.3 Å². The maximum atomic E-state index is 11.1. The molecule has 0 aliphatic carbocycles. The Morgan fingerprint density at radius 3 is 2.44 bits per heavy atom. The zero-order valence-corrected chi connectivity index (χ0v) is 11.3. The van der Waals surface area contributed by atoms with E-state index < -0.39 is 0 Å². The lowest BCUT2D eigenvalue weighted by atomic mass is 9.97. The number of rotatable bonds is 3. The van der Waals surface area contributed by atoms with Crippen LogP contribution in [0.3, 0.4) is 0 Å². The summed E-state index contributed by atoms with van der Waals surface area (Å²) in [6.07, 6.45) is 2.78. The summed E-state index contributed by atoms with van der Waals surface area (Å²) < 4.78 is 0.836. The molecule has 16 heavy (non-hydrogen) atoms. The van der Waals surface area contributed by atoms with Crippen molar-refractivity contribution >= 4 is 27.8 Å². The number of hydrogen-bond acceptors (Lipinski definition) is 1. The summed E-state index contributed by atoms with van der Waals surface area (Å²) in [7, 11) is 0. The van der Waals surface area contributed by atoms with E-state index in [1.165, 1.54) is 5.56 Å². The number of aryl methyl sites for hydroxylation is 1. The van der Waals surface area contributed by atoms with E-state index in [-0.39, 0.29) is 0 Å². The van der Waals surface area contributed by atoms with Crippen LogP contribution in [-0.2, 0) is 4.79 Å². The second-order valence-corrected chi connectivity index (χ2v) is 4.46. The molecular formula is C14H15BrO. The molecule has 0 bridgehead atoms. The minimum absolute atomic E-state index is 0.705. The number of aldehydes is 1. The van der Waals surface area contributed by atoms with Gasteiger partial charge in [0.15, 0.2) is 6.29 Å². The van der Waals surface area contributed by atoms with Crippen molar-refractivity contribution in [2.24, 2.45) is 0 Å². The summed E-state index contributed by atoms with van der Waals surface area (Å²) in [6.45, 7) is 5.92. The third-order valence-corrected chi connectivity index (χ3v) is 3.47. The number of carbonyl (C=O) groups excluding carboxylic acids is 1. The monoisotopic (exact) mass is 278 g/mol. The molecule has 0 atom stereocenters. The fourth-order valence-corrected chi connectivity index (χ4v) is 2.01. The van der Waals surface area contributed by atoms with Gasteiger partial charge in [-0.05, 0) is 37.5 Å². The third kappa shape index (κ3) is 2.70. The van der Waals surface area contributed by atoms with Crippen molar-refractivity contribution in [3.8, 4) is 0 Å². The lowest BCUT2D eigenvalue weighted by Crippen LogP contribution is -1.93. The maximum Gasteiger partial charge on any atom is 0.151 e. The van der Waals surface area contributed by atoms with Gasteiger partial charge >= 0.3 is 0 Å². The van der Waals surface area contributed by atoms with Gasteiger partial charge in [-0.2, -0.15) is 0 Å². The molecular weight excluding hydrogens is 264 g/mol. The Labute approximate surface area is 105 Å². The minimum atomic E-state index is 0.705. The molecule has 1 aromatic carbocycles. The van der Waals surface area contributed by atoms with Crippen LogP contribution >= 0.6 is 15.9 Å². The molecule has 0 N–H and O–H groups in total. The normalized spacial score (nSPS) is 13.4. The molecule has 1 nitrogen and oxygen atoms in total. The van der Waals surface area contributed by atoms with Crippen molar-refractivity contribution < 1.29 is 4.79 Å². The number of halogens is 1. The fourth-order valence-electron chi connectivity index (χ4n) is 1.62. The number of allylic oxidation sites excluding steroid dienone is 4. The third-order valence-electron chi connectivity index (χ3n) is 2.58. The second-order valence-electron chi connectivity index (χ2n) is 3.61. The summed E-state index contributed by atoms with van der Waals surface area (Å²) in [5, 5.41) is 0. The SMILES string of the molecule is C/C=C(Br)\C(C=O)=C(/C)c1ccccc1C. The highest BCUT2D eigenvalue weighted by Gasteiger charge is 2.08. The van der Waals surface area contributed by atoms with E-state index in [2.05, 4.69) is 15.9 Å². The van der Waals surface area contributed by atoms with E-state index in [4.69, 9.17) is 0 Å². The Balaban J connectivity index is 3.37. The molecule has 0 radical (unpaired) electrons. The summed E-state index contributed by atoms with van der Waals surface area (Å²) >= 11 is 3.40. The number of hydrogen-bond donors (Lipinski definition) is 0. The van der Waals surface area contributed by atoms with Gasteiger partial charge in [-0.3, -0.25) is 4.79 Å². The lowest BCUT2D eigenvalue weighted by Gasteiger charge is -2.09. The molecule has 0 aliphatic heterocycles. The molecule has 0 amide bonds. The smallest absolute Gasteiger partial charge is 0.151 e. The van der Waals surface area contributed by atoms with Crippen LogP contribution in [0.5, 0.6) is 0 Å². The Bertz CT molecular complexity index is 456. The van der Waals surface area contributed by atoms with Gasteiger partial charge in [0.2, 0.25) is 0 Å². The first-order valence-corrected chi connectivity index (χ1v) is 5.95. The average molecular weight is 279 g/mol. The van der Waals surface area contributed by atoms with E-state index >= 15 is 0 Å². The first kappa shape index (κ1) is 12.9. The van der Waals surface area contributed by atoms with Gasteiger partial charge in [0.25, 0.3) is 0 Å². The molecule has 0 unspecified atom stereocenters. The van der Waals surface area contributed by atoms with E-state index in [0.29, 0.717) is 5.57 Å². The zero-order chi connectivity index (χ0) is 12.1. The summed E-state index contributed by atoms with van der Waals surface area (Å²) in [5.74, 6) is 0. The van der Waals surface area contributed by atoms with Crippen molar-refractivity contribution in [2.75, 3.05) is 0 Å². The van der Waals surface area contributed by atoms with Crippen molar-refractivity contribution in [3.63, 3.8) is 0 Å².